The zero-order valence-corrected chi connectivity index (χ0v) is 10.9. The zero-order valence-electron chi connectivity index (χ0n) is 10.9. The summed E-state index contributed by atoms with van der Waals surface area (Å²) in [6.07, 6.45) is 3.78. The topological polar surface area (TPSA) is 32.7 Å². The quantitative estimate of drug-likeness (QED) is 0.783. The minimum atomic E-state index is 0.116. The first-order valence-corrected chi connectivity index (χ1v) is 6.86. The summed E-state index contributed by atoms with van der Waals surface area (Å²) < 4.78 is 5.50. The lowest BCUT2D eigenvalue weighted by Gasteiger charge is -2.35. The van der Waals surface area contributed by atoms with Crippen molar-refractivity contribution in [2.45, 2.75) is 31.8 Å². The van der Waals surface area contributed by atoms with Crippen LogP contribution in [-0.4, -0.2) is 42.4 Å². The van der Waals surface area contributed by atoms with E-state index in [0.29, 0.717) is 12.6 Å². The van der Waals surface area contributed by atoms with Crippen molar-refractivity contribution in [3.05, 3.63) is 35.9 Å². The monoisotopic (exact) mass is 249 g/mol. The Bertz CT molecular complexity index is 329. The van der Waals surface area contributed by atoms with Crippen LogP contribution >= 0.6 is 0 Å². The maximum Gasteiger partial charge on any atom is 0.0698 e. The highest BCUT2D eigenvalue weighted by Crippen LogP contribution is 2.19. The van der Waals surface area contributed by atoms with E-state index in [-0.39, 0.29) is 6.61 Å². The predicted octanol–water partition coefficient (Wildman–Crippen LogP) is 2.05. The second-order valence-corrected chi connectivity index (χ2v) is 4.90. The molecule has 0 aromatic heterocycles. The molecule has 0 aliphatic carbocycles. The number of hydrogen-bond acceptors (Lipinski definition) is 3. The molecular weight excluding hydrogens is 226 g/mol. The van der Waals surface area contributed by atoms with Crippen LogP contribution in [0.25, 0.3) is 0 Å². The Balaban J connectivity index is 1.87. The number of rotatable bonds is 6. The van der Waals surface area contributed by atoms with Gasteiger partial charge >= 0.3 is 0 Å². The van der Waals surface area contributed by atoms with Crippen LogP contribution in [0, 0.1) is 0 Å². The number of likely N-dealkylation sites (tertiary alicyclic amines) is 1. The number of hydrogen-bond donors (Lipinski definition) is 1. The smallest absolute Gasteiger partial charge is 0.0698 e. The fraction of sp³-hybridized carbons (Fsp3) is 0.600. The maximum atomic E-state index is 8.76. The first-order chi connectivity index (χ1) is 8.90. The van der Waals surface area contributed by atoms with Crippen molar-refractivity contribution < 1.29 is 9.84 Å². The minimum absolute atomic E-state index is 0.116. The summed E-state index contributed by atoms with van der Waals surface area (Å²) in [6.45, 7) is 3.48. The molecule has 1 heterocycles. The van der Waals surface area contributed by atoms with Gasteiger partial charge in [0, 0.05) is 12.6 Å². The van der Waals surface area contributed by atoms with Crippen molar-refractivity contribution in [2.75, 3.05) is 26.4 Å². The minimum Gasteiger partial charge on any atom is -0.394 e. The SMILES string of the molecule is OCCOC[C@H]1CCCCN1Cc1ccccc1. The van der Waals surface area contributed by atoms with Crippen LogP contribution in [-0.2, 0) is 11.3 Å². The summed E-state index contributed by atoms with van der Waals surface area (Å²) in [5.74, 6) is 0. The third-order valence-electron chi connectivity index (χ3n) is 3.52. The molecule has 3 heteroatoms. The molecule has 1 aliphatic rings. The Morgan fingerprint density at radius 3 is 2.83 bits per heavy atom. The lowest BCUT2D eigenvalue weighted by atomic mass is 10.0. The Kier molecular flexibility index (Phi) is 5.65. The Labute approximate surface area is 109 Å². The van der Waals surface area contributed by atoms with Crippen LogP contribution in [0.3, 0.4) is 0 Å². The molecule has 3 nitrogen and oxygen atoms in total. The third-order valence-corrected chi connectivity index (χ3v) is 3.52. The highest BCUT2D eigenvalue weighted by atomic mass is 16.5. The Morgan fingerprint density at radius 2 is 2.06 bits per heavy atom. The van der Waals surface area contributed by atoms with E-state index in [1.54, 1.807) is 0 Å². The first-order valence-electron chi connectivity index (χ1n) is 6.86. The molecule has 1 aromatic rings. The number of aliphatic hydroxyl groups excluding tert-OH is 1. The van der Waals surface area contributed by atoms with E-state index in [2.05, 4.69) is 35.2 Å². The lowest BCUT2D eigenvalue weighted by Crippen LogP contribution is -2.42. The Morgan fingerprint density at radius 1 is 1.22 bits per heavy atom. The second kappa shape index (κ2) is 7.52. The van der Waals surface area contributed by atoms with Gasteiger partial charge in [0.15, 0.2) is 0 Å². The van der Waals surface area contributed by atoms with Gasteiger partial charge in [-0.3, -0.25) is 4.90 Å². The van der Waals surface area contributed by atoms with Crippen LogP contribution in [0.5, 0.6) is 0 Å². The number of benzene rings is 1. The Hall–Kier alpha value is -0.900. The highest BCUT2D eigenvalue weighted by molar-refractivity contribution is 5.14. The average Bonchev–Trinajstić information content (AvgIpc) is 2.42. The summed E-state index contributed by atoms with van der Waals surface area (Å²) in [5, 5.41) is 8.76. The average molecular weight is 249 g/mol. The zero-order chi connectivity index (χ0) is 12.6. The molecule has 18 heavy (non-hydrogen) atoms. The summed E-state index contributed by atoms with van der Waals surface area (Å²) >= 11 is 0. The van der Waals surface area contributed by atoms with E-state index in [1.807, 2.05) is 0 Å². The summed E-state index contributed by atoms with van der Waals surface area (Å²) in [7, 11) is 0. The van der Waals surface area contributed by atoms with Gasteiger partial charge in [0.05, 0.1) is 19.8 Å². The van der Waals surface area contributed by atoms with E-state index < -0.39 is 0 Å². The molecule has 1 atom stereocenters. The number of nitrogens with zero attached hydrogens (tertiary/aromatic N) is 1. The van der Waals surface area contributed by atoms with Gasteiger partial charge in [-0.25, -0.2) is 0 Å². The number of aliphatic hydroxyl groups is 1. The molecule has 0 radical (unpaired) electrons. The molecule has 100 valence electrons. The van der Waals surface area contributed by atoms with Crippen LogP contribution in [0.2, 0.25) is 0 Å². The summed E-state index contributed by atoms with van der Waals surface area (Å²) in [4.78, 5) is 2.51. The van der Waals surface area contributed by atoms with Crippen LogP contribution in [0.15, 0.2) is 30.3 Å². The molecular formula is C15H23NO2. The molecule has 0 unspecified atom stereocenters. The molecule has 0 amide bonds. The lowest BCUT2D eigenvalue weighted by molar-refractivity contribution is 0.0223. The van der Waals surface area contributed by atoms with Gasteiger partial charge in [-0.15, -0.1) is 0 Å². The molecule has 0 spiro atoms. The number of piperidine rings is 1. The largest absolute Gasteiger partial charge is 0.394 e. The van der Waals surface area contributed by atoms with Crippen molar-refractivity contribution in [1.82, 2.24) is 4.90 Å². The first kappa shape index (κ1) is 13.5. The molecule has 0 saturated carbocycles. The van der Waals surface area contributed by atoms with E-state index in [9.17, 15) is 0 Å². The van der Waals surface area contributed by atoms with E-state index in [4.69, 9.17) is 9.84 Å². The van der Waals surface area contributed by atoms with Crippen molar-refractivity contribution in [3.8, 4) is 0 Å². The normalized spacial score (nSPS) is 21.1. The fourth-order valence-corrected chi connectivity index (χ4v) is 2.56. The van der Waals surface area contributed by atoms with Crippen molar-refractivity contribution >= 4 is 0 Å². The second-order valence-electron chi connectivity index (χ2n) is 4.90. The van der Waals surface area contributed by atoms with E-state index in [0.717, 1.165) is 19.7 Å². The molecule has 0 bridgehead atoms. The molecule has 2 rings (SSSR count). The van der Waals surface area contributed by atoms with Gasteiger partial charge in [-0.1, -0.05) is 36.8 Å². The number of ether oxygens (including phenoxy) is 1. The summed E-state index contributed by atoms with van der Waals surface area (Å²) in [5.41, 5.74) is 1.37. The maximum absolute atomic E-state index is 8.76. The van der Waals surface area contributed by atoms with Crippen LogP contribution in [0.1, 0.15) is 24.8 Å². The molecule has 1 N–H and O–H groups in total. The summed E-state index contributed by atoms with van der Waals surface area (Å²) in [6, 6.07) is 11.1. The fourth-order valence-electron chi connectivity index (χ4n) is 2.56. The van der Waals surface area contributed by atoms with Gasteiger partial charge in [-0.05, 0) is 24.9 Å². The van der Waals surface area contributed by atoms with Gasteiger partial charge in [0.25, 0.3) is 0 Å². The van der Waals surface area contributed by atoms with Crippen LogP contribution in [0.4, 0.5) is 0 Å². The van der Waals surface area contributed by atoms with Crippen molar-refractivity contribution in [1.29, 1.82) is 0 Å². The van der Waals surface area contributed by atoms with Crippen molar-refractivity contribution in [2.24, 2.45) is 0 Å². The van der Waals surface area contributed by atoms with Gasteiger partial charge in [-0.2, -0.15) is 0 Å². The van der Waals surface area contributed by atoms with Gasteiger partial charge in [0.1, 0.15) is 0 Å². The molecule has 1 aliphatic heterocycles. The third kappa shape index (κ3) is 4.09. The van der Waals surface area contributed by atoms with E-state index in [1.165, 1.54) is 24.8 Å². The van der Waals surface area contributed by atoms with Gasteiger partial charge < -0.3 is 9.84 Å². The van der Waals surface area contributed by atoms with Crippen molar-refractivity contribution in [3.63, 3.8) is 0 Å². The van der Waals surface area contributed by atoms with Crippen LogP contribution < -0.4 is 0 Å². The molecule has 1 fully saturated rings. The standard InChI is InChI=1S/C15H23NO2/c17-10-11-18-13-15-8-4-5-9-16(15)12-14-6-2-1-3-7-14/h1-3,6-7,15,17H,4-5,8-13H2/t15-/m1/s1. The predicted molar refractivity (Wildman–Crippen MR) is 72.4 cm³/mol. The molecule has 1 aromatic carbocycles. The van der Waals surface area contributed by atoms with E-state index >= 15 is 0 Å². The highest BCUT2D eigenvalue weighted by Gasteiger charge is 2.22. The molecule has 1 saturated heterocycles. The van der Waals surface area contributed by atoms with Gasteiger partial charge in [0.2, 0.25) is 0 Å².